The summed E-state index contributed by atoms with van der Waals surface area (Å²) in [4.78, 5) is 33.7. The molecule has 0 rings (SSSR count). The van der Waals surface area contributed by atoms with Crippen LogP contribution in [0.2, 0.25) is 0 Å². The van der Waals surface area contributed by atoms with Crippen molar-refractivity contribution in [1.82, 2.24) is 16.0 Å². The molecule has 0 aromatic rings. The molecule has 7 nitrogen and oxygen atoms in total. The molecule has 21 heavy (non-hydrogen) atoms. The highest BCUT2D eigenvalue weighted by molar-refractivity contribution is 5.84. The molecule has 0 heterocycles. The Balaban J connectivity index is 4.06. The number of rotatable bonds is 9. The maximum atomic E-state index is 11.6. The van der Waals surface area contributed by atoms with Crippen LogP contribution in [0.1, 0.15) is 40.5 Å². The van der Waals surface area contributed by atoms with E-state index in [2.05, 4.69) is 16.0 Å². The minimum atomic E-state index is -0.876. The molecule has 0 aliphatic heterocycles. The molecule has 0 bridgehead atoms. The van der Waals surface area contributed by atoms with E-state index in [9.17, 15) is 14.4 Å². The van der Waals surface area contributed by atoms with Crippen LogP contribution in [-0.4, -0.2) is 42.1 Å². The fourth-order valence-corrected chi connectivity index (χ4v) is 1.99. The smallest absolute Gasteiger partial charge is 0.315 e. The first-order valence-corrected chi connectivity index (χ1v) is 7.23. The van der Waals surface area contributed by atoms with Gasteiger partial charge in [0.1, 0.15) is 0 Å². The molecule has 0 aliphatic rings. The highest BCUT2D eigenvalue weighted by Crippen LogP contribution is 2.14. The molecule has 122 valence electrons. The minimum absolute atomic E-state index is 0.0201. The number of carboxylic acid groups (broad SMARTS) is 1. The molecule has 3 amide bonds. The number of hydrogen-bond donors (Lipinski definition) is 4. The first kappa shape index (κ1) is 19.2. The van der Waals surface area contributed by atoms with E-state index in [0.29, 0.717) is 5.92 Å². The Labute approximate surface area is 125 Å². The number of urea groups is 1. The third-order valence-electron chi connectivity index (χ3n) is 2.68. The Bertz CT molecular complexity index is 356. The van der Waals surface area contributed by atoms with Gasteiger partial charge in [-0.1, -0.05) is 13.8 Å². The molecule has 0 saturated heterocycles. The number of carbonyl (C=O) groups excluding carboxylic acids is 2. The predicted octanol–water partition coefficient (Wildman–Crippen LogP) is 0.947. The molecule has 1 atom stereocenters. The van der Waals surface area contributed by atoms with Crippen molar-refractivity contribution in [1.29, 1.82) is 0 Å². The van der Waals surface area contributed by atoms with Crippen LogP contribution in [-0.2, 0) is 9.59 Å². The van der Waals surface area contributed by atoms with Gasteiger partial charge in [-0.25, -0.2) is 4.79 Å². The lowest BCUT2D eigenvalue weighted by molar-refractivity contribution is -0.138. The molecule has 0 aromatic heterocycles. The number of nitrogens with one attached hydrogen (secondary N) is 3. The zero-order valence-corrected chi connectivity index (χ0v) is 13.2. The van der Waals surface area contributed by atoms with Crippen molar-refractivity contribution in [2.45, 2.75) is 46.6 Å². The lowest BCUT2D eigenvalue weighted by atomic mass is 9.94. The SMILES string of the molecule is CC(C)C[C@H](CNC(=O)NCC(=O)NC(C)C)CC(=O)O. The fraction of sp³-hybridized carbons (Fsp3) is 0.786. The third kappa shape index (κ3) is 11.7. The highest BCUT2D eigenvalue weighted by atomic mass is 16.4. The molecule has 0 aromatic carbocycles. The van der Waals surface area contributed by atoms with Gasteiger partial charge in [0, 0.05) is 19.0 Å². The largest absolute Gasteiger partial charge is 0.481 e. The fourth-order valence-electron chi connectivity index (χ4n) is 1.99. The van der Waals surface area contributed by atoms with E-state index < -0.39 is 12.0 Å². The monoisotopic (exact) mass is 301 g/mol. The van der Waals surface area contributed by atoms with Gasteiger partial charge < -0.3 is 21.1 Å². The molecule has 0 radical (unpaired) electrons. The Morgan fingerprint density at radius 2 is 1.67 bits per heavy atom. The highest BCUT2D eigenvalue weighted by Gasteiger charge is 2.16. The molecular formula is C14H27N3O4. The molecule has 0 unspecified atom stereocenters. The van der Waals surface area contributed by atoms with Crippen molar-refractivity contribution < 1.29 is 19.5 Å². The summed E-state index contributed by atoms with van der Waals surface area (Å²) in [7, 11) is 0. The first-order chi connectivity index (χ1) is 9.70. The van der Waals surface area contributed by atoms with Gasteiger partial charge >= 0.3 is 12.0 Å². The van der Waals surface area contributed by atoms with Crippen molar-refractivity contribution in [2.75, 3.05) is 13.1 Å². The second-order valence-corrected chi connectivity index (χ2v) is 5.88. The molecule has 0 aliphatic carbocycles. The lowest BCUT2D eigenvalue weighted by Crippen LogP contribution is -2.44. The van der Waals surface area contributed by atoms with Crippen LogP contribution in [0, 0.1) is 11.8 Å². The molecule has 0 saturated carbocycles. The van der Waals surface area contributed by atoms with E-state index in [1.165, 1.54) is 0 Å². The van der Waals surface area contributed by atoms with Gasteiger partial charge in [-0.15, -0.1) is 0 Å². The molecule has 0 fully saturated rings. The zero-order chi connectivity index (χ0) is 16.4. The summed E-state index contributed by atoms with van der Waals surface area (Å²) in [6.07, 6.45) is 0.743. The van der Waals surface area contributed by atoms with E-state index in [0.717, 1.165) is 6.42 Å². The number of aliphatic carboxylic acids is 1. The van der Waals surface area contributed by atoms with Gasteiger partial charge in [0.2, 0.25) is 5.91 Å². The third-order valence-corrected chi connectivity index (χ3v) is 2.68. The van der Waals surface area contributed by atoms with Gasteiger partial charge in [-0.2, -0.15) is 0 Å². The van der Waals surface area contributed by atoms with Crippen LogP contribution in [0.25, 0.3) is 0 Å². The van der Waals surface area contributed by atoms with Gasteiger partial charge in [0.15, 0.2) is 0 Å². The normalized spacial score (nSPS) is 12.1. The summed E-state index contributed by atoms with van der Waals surface area (Å²) >= 11 is 0. The molecule has 0 spiro atoms. The lowest BCUT2D eigenvalue weighted by Gasteiger charge is -2.18. The summed E-state index contributed by atoms with van der Waals surface area (Å²) in [6, 6.07) is -0.443. The topological polar surface area (TPSA) is 108 Å². The summed E-state index contributed by atoms with van der Waals surface area (Å²) < 4.78 is 0. The van der Waals surface area contributed by atoms with E-state index in [1.54, 1.807) is 0 Å². The first-order valence-electron chi connectivity index (χ1n) is 7.23. The Morgan fingerprint density at radius 1 is 1.05 bits per heavy atom. The van der Waals surface area contributed by atoms with Gasteiger partial charge in [-0.3, -0.25) is 9.59 Å². The van der Waals surface area contributed by atoms with Crippen LogP contribution in [0.15, 0.2) is 0 Å². The standard InChI is InChI=1S/C14H27N3O4/c1-9(2)5-11(6-13(19)20)7-15-14(21)16-8-12(18)17-10(3)4/h9-11H,5-8H2,1-4H3,(H,17,18)(H,19,20)(H2,15,16,21)/t11-/m0/s1. The zero-order valence-electron chi connectivity index (χ0n) is 13.2. The van der Waals surface area contributed by atoms with E-state index >= 15 is 0 Å². The maximum absolute atomic E-state index is 11.6. The van der Waals surface area contributed by atoms with Gasteiger partial charge in [-0.05, 0) is 32.1 Å². The summed E-state index contributed by atoms with van der Waals surface area (Å²) in [5.41, 5.74) is 0. The predicted molar refractivity (Wildman–Crippen MR) is 79.9 cm³/mol. The number of amides is 3. The van der Waals surface area contributed by atoms with Crippen LogP contribution >= 0.6 is 0 Å². The van der Waals surface area contributed by atoms with Gasteiger partial charge in [0.25, 0.3) is 0 Å². The van der Waals surface area contributed by atoms with Crippen molar-refractivity contribution >= 4 is 17.9 Å². The Morgan fingerprint density at radius 3 is 2.14 bits per heavy atom. The van der Waals surface area contributed by atoms with Crippen molar-refractivity contribution in [2.24, 2.45) is 11.8 Å². The quantitative estimate of drug-likeness (QED) is 0.508. The van der Waals surface area contributed by atoms with Crippen LogP contribution in [0.4, 0.5) is 4.79 Å². The van der Waals surface area contributed by atoms with E-state index in [1.807, 2.05) is 27.7 Å². The van der Waals surface area contributed by atoms with E-state index in [-0.39, 0.29) is 37.4 Å². The van der Waals surface area contributed by atoms with Crippen LogP contribution in [0.5, 0.6) is 0 Å². The maximum Gasteiger partial charge on any atom is 0.315 e. The average Bonchev–Trinajstić information content (AvgIpc) is 2.31. The Hall–Kier alpha value is -1.79. The second kappa shape index (κ2) is 10.0. The number of carbonyl (C=O) groups is 3. The number of hydrogen-bond acceptors (Lipinski definition) is 3. The van der Waals surface area contributed by atoms with Crippen molar-refractivity contribution in [3.05, 3.63) is 0 Å². The average molecular weight is 301 g/mol. The summed E-state index contributed by atoms with van der Waals surface area (Å²) in [5.74, 6) is -0.891. The second-order valence-electron chi connectivity index (χ2n) is 5.88. The van der Waals surface area contributed by atoms with Crippen LogP contribution < -0.4 is 16.0 Å². The Kier molecular flexibility index (Phi) is 9.16. The summed E-state index contributed by atoms with van der Waals surface area (Å²) in [6.45, 7) is 7.86. The minimum Gasteiger partial charge on any atom is -0.481 e. The van der Waals surface area contributed by atoms with Crippen molar-refractivity contribution in [3.63, 3.8) is 0 Å². The van der Waals surface area contributed by atoms with Gasteiger partial charge in [0.05, 0.1) is 6.54 Å². The van der Waals surface area contributed by atoms with E-state index in [4.69, 9.17) is 5.11 Å². The van der Waals surface area contributed by atoms with Crippen molar-refractivity contribution in [3.8, 4) is 0 Å². The molecule has 4 N–H and O–H groups in total. The molecule has 7 heteroatoms. The van der Waals surface area contributed by atoms with Crippen LogP contribution in [0.3, 0.4) is 0 Å². The summed E-state index contributed by atoms with van der Waals surface area (Å²) in [5, 5.41) is 16.5. The molecular weight excluding hydrogens is 274 g/mol. The number of carboxylic acids is 1.